The largest absolute Gasteiger partial charge is 0.365 e. The summed E-state index contributed by atoms with van der Waals surface area (Å²) >= 11 is 5.79. The van der Waals surface area contributed by atoms with Crippen LogP contribution in [0.4, 0.5) is 5.88 Å². The lowest BCUT2D eigenvalue weighted by molar-refractivity contribution is 0.100. The molecule has 2 amide bonds. The quantitative estimate of drug-likeness (QED) is 0.897. The molecule has 7 heteroatoms. The van der Waals surface area contributed by atoms with E-state index in [0.717, 1.165) is 0 Å². The number of hydrogen-bond acceptors (Lipinski definition) is 4. The molecule has 19 heavy (non-hydrogen) atoms. The summed E-state index contributed by atoms with van der Waals surface area (Å²) in [5.74, 6) is -1.27. The summed E-state index contributed by atoms with van der Waals surface area (Å²) in [6, 6.07) is 6.35. The molecule has 0 fully saturated rings. The smallest absolute Gasteiger partial charge is 0.258 e. The average molecular weight is 280 g/mol. The molecule has 1 aromatic heterocycles. The highest BCUT2D eigenvalue weighted by Gasteiger charge is 2.20. The Morgan fingerprint density at radius 3 is 2.79 bits per heavy atom. The molecule has 6 nitrogen and oxygen atoms in total. The third-order valence-corrected chi connectivity index (χ3v) is 2.66. The van der Waals surface area contributed by atoms with Crippen LogP contribution >= 0.6 is 11.6 Å². The van der Waals surface area contributed by atoms with Crippen LogP contribution in [-0.4, -0.2) is 17.0 Å². The predicted octanol–water partition coefficient (Wildman–Crippen LogP) is 1.99. The third-order valence-electron chi connectivity index (χ3n) is 2.42. The van der Waals surface area contributed by atoms with Gasteiger partial charge in [-0.15, -0.1) is 0 Å². The number of primary amides is 1. The van der Waals surface area contributed by atoms with E-state index in [1.807, 2.05) is 0 Å². The van der Waals surface area contributed by atoms with Gasteiger partial charge in [0.1, 0.15) is 5.56 Å². The molecular formula is C12H10ClN3O3. The molecule has 0 aliphatic heterocycles. The van der Waals surface area contributed by atoms with Crippen LogP contribution in [0.25, 0.3) is 0 Å². The number of anilines is 1. The van der Waals surface area contributed by atoms with Gasteiger partial charge in [-0.3, -0.25) is 14.9 Å². The Bertz CT molecular complexity index is 651. The molecule has 0 saturated carbocycles. The summed E-state index contributed by atoms with van der Waals surface area (Å²) in [4.78, 5) is 23.2. The van der Waals surface area contributed by atoms with Gasteiger partial charge >= 0.3 is 0 Å². The number of amides is 2. The summed E-state index contributed by atoms with van der Waals surface area (Å²) in [5.41, 5.74) is 5.88. The van der Waals surface area contributed by atoms with E-state index in [1.165, 1.54) is 6.07 Å². The highest BCUT2D eigenvalue weighted by Crippen LogP contribution is 2.20. The summed E-state index contributed by atoms with van der Waals surface area (Å²) < 4.78 is 4.86. The summed E-state index contributed by atoms with van der Waals surface area (Å²) in [6.07, 6.45) is 0. The van der Waals surface area contributed by atoms with Crippen molar-refractivity contribution in [1.82, 2.24) is 5.16 Å². The molecule has 0 aliphatic carbocycles. The first kappa shape index (κ1) is 13.1. The number of nitrogens with zero attached hydrogens (tertiary/aromatic N) is 1. The van der Waals surface area contributed by atoms with Crippen molar-refractivity contribution in [3.8, 4) is 0 Å². The van der Waals surface area contributed by atoms with Gasteiger partial charge in [0.2, 0.25) is 5.88 Å². The topological polar surface area (TPSA) is 98.2 Å². The normalized spacial score (nSPS) is 10.2. The number of halogens is 1. The van der Waals surface area contributed by atoms with Crippen molar-refractivity contribution in [3.63, 3.8) is 0 Å². The van der Waals surface area contributed by atoms with Crippen LogP contribution in [0.3, 0.4) is 0 Å². The Labute approximate surface area is 113 Å². The number of carbonyl (C=O) groups excluding carboxylic acids is 2. The zero-order valence-electron chi connectivity index (χ0n) is 9.94. The predicted molar refractivity (Wildman–Crippen MR) is 69.2 cm³/mol. The molecule has 3 N–H and O–H groups in total. The Morgan fingerprint density at radius 2 is 2.16 bits per heavy atom. The van der Waals surface area contributed by atoms with Crippen molar-refractivity contribution in [2.24, 2.45) is 5.73 Å². The van der Waals surface area contributed by atoms with Gasteiger partial charge in [0, 0.05) is 10.6 Å². The first-order chi connectivity index (χ1) is 8.99. The van der Waals surface area contributed by atoms with Crippen LogP contribution < -0.4 is 11.1 Å². The third kappa shape index (κ3) is 2.74. The standard InChI is InChI=1S/C12H10ClN3O3/c1-6-9(10(14)17)12(19-16-6)15-11(18)7-3-2-4-8(13)5-7/h2-5H,1H3,(H2,14,17)(H,15,18). The molecule has 0 aliphatic rings. The van der Waals surface area contributed by atoms with E-state index in [-0.39, 0.29) is 11.4 Å². The van der Waals surface area contributed by atoms with Gasteiger partial charge in [-0.1, -0.05) is 22.8 Å². The highest BCUT2D eigenvalue weighted by molar-refractivity contribution is 6.31. The Morgan fingerprint density at radius 1 is 1.42 bits per heavy atom. The maximum absolute atomic E-state index is 11.9. The van der Waals surface area contributed by atoms with Crippen molar-refractivity contribution < 1.29 is 14.1 Å². The maximum atomic E-state index is 11.9. The van der Waals surface area contributed by atoms with E-state index in [2.05, 4.69) is 10.5 Å². The van der Waals surface area contributed by atoms with Gasteiger partial charge in [0.15, 0.2) is 0 Å². The molecule has 0 atom stereocenters. The minimum absolute atomic E-state index is 0.0513. The molecule has 0 unspecified atom stereocenters. The molecule has 0 spiro atoms. The number of hydrogen-bond donors (Lipinski definition) is 2. The molecule has 0 radical (unpaired) electrons. The van der Waals surface area contributed by atoms with Crippen molar-refractivity contribution >= 4 is 29.3 Å². The van der Waals surface area contributed by atoms with Gasteiger partial charge in [0.05, 0.1) is 5.69 Å². The second kappa shape index (κ2) is 5.11. The number of rotatable bonds is 3. The molecule has 0 bridgehead atoms. The number of benzene rings is 1. The lowest BCUT2D eigenvalue weighted by Gasteiger charge is -2.03. The molecule has 98 valence electrons. The van der Waals surface area contributed by atoms with Gasteiger partial charge in [0.25, 0.3) is 11.8 Å². The fourth-order valence-electron chi connectivity index (χ4n) is 1.55. The van der Waals surface area contributed by atoms with E-state index >= 15 is 0 Å². The number of aryl methyl sites for hydroxylation is 1. The van der Waals surface area contributed by atoms with Gasteiger partial charge in [-0.25, -0.2) is 0 Å². The van der Waals surface area contributed by atoms with Crippen molar-refractivity contribution in [2.45, 2.75) is 6.92 Å². The first-order valence-electron chi connectivity index (χ1n) is 5.32. The van der Waals surface area contributed by atoms with Crippen LogP contribution in [0.15, 0.2) is 28.8 Å². The molecule has 1 heterocycles. The van der Waals surface area contributed by atoms with Crippen LogP contribution in [0.5, 0.6) is 0 Å². The number of carbonyl (C=O) groups is 2. The van der Waals surface area contributed by atoms with Crippen LogP contribution in [0, 0.1) is 6.92 Å². The SMILES string of the molecule is Cc1noc(NC(=O)c2cccc(Cl)c2)c1C(N)=O. The Balaban J connectivity index is 2.27. The second-order valence-corrected chi connectivity index (χ2v) is 4.24. The van der Waals surface area contributed by atoms with Crippen molar-refractivity contribution in [2.75, 3.05) is 5.32 Å². The molecule has 2 rings (SSSR count). The maximum Gasteiger partial charge on any atom is 0.258 e. The lowest BCUT2D eigenvalue weighted by Crippen LogP contribution is -2.17. The first-order valence-corrected chi connectivity index (χ1v) is 5.70. The monoisotopic (exact) mass is 279 g/mol. The van der Waals surface area contributed by atoms with E-state index in [1.54, 1.807) is 25.1 Å². The minimum Gasteiger partial charge on any atom is -0.365 e. The lowest BCUT2D eigenvalue weighted by atomic mass is 10.2. The van der Waals surface area contributed by atoms with Crippen LogP contribution in [-0.2, 0) is 0 Å². The Kier molecular flexibility index (Phi) is 3.52. The second-order valence-electron chi connectivity index (χ2n) is 3.80. The fourth-order valence-corrected chi connectivity index (χ4v) is 1.74. The van der Waals surface area contributed by atoms with Crippen LogP contribution in [0.1, 0.15) is 26.4 Å². The molecule has 2 aromatic rings. The zero-order valence-corrected chi connectivity index (χ0v) is 10.7. The van der Waals surface area contributed by atoms with E-state index < -0.39 is 11.8 Å². The van der Waals surface area contributed by atoms with Crippen molar-refractivity contribution in [1.29, 1.82) is 0 Å². The van der Waals surface area contributed by atoms with Gasteiger partial charge in [-0.05, 0) is 25.1 Å². The average Bonchev–Trinajstić information content (AvgIpc) is 2.70. The Hall–Kier alpha value is -2.34. The zero-order chi connectivity index (χ0) is 14.0. The molecule has 1 aromatic carbocycles. The van der Waals surface area contributed by atoms with Gasteiger partial charge < -0.3 is 10.3 Å². The minimum atomic E-state index is -0.722. The fraction of sp³-hybridized carbons (Fsp3) is 0.0833. The number of aromatic nitrogens is 1. The van der Waals surface area contributed by atoms with Crippen molar-refractivity contribution in [3.05, 3.63) is 46.1 Å². The summed E-state index contributed by atoms with van der Waals surface area (Å²) in [5, 5.41) is 6.44. The van der Waals surface area contributed by atoms with E-state index in [0.29, 0.717) is 16.3 Å². The van der Waals surface area contributed by atoms with E-state index in [9.17, 15) is 9.59 Å². The summed E-state index contributed by atoms with van der Waals surface area (Å²) in [6.45, 7) is 1.55. The molecular weight excluding hydrogens is 270 g/mol. The highest BCUT2D eigenvalue weighted by atomic mass is 35.5. The summed E-state index contributed by atoms with van der Waals surface area (Å²) in [7, 11) is 0. The molecule has 0 saturated heterocycles. The van der Waals surface area contributed by atoms with E-state index in [4.69, 9.17) is 21.9 Å². The number of nitrogens with one attached hydrogen (secondary N) is 1. The van der Waals surface area contributed by atoms with Gasteiger partial charge in [-0.2, -0.15) is 0 Å². The number of nitrogens with two attached hydrogens (primary N) is 1. The van der Waals surface area contributed by atoms with Crippen LogP contribution in [0.2, 0.25) is 5.02 Å².